The van der Waals surface area contributed by atoms with Gasteiger partial charge in [0.2, 0.25) is 11.8 Å². The van der Waals surface area contributed by atoms with Crippen LogP contribution in [0.15, 0.2) is 143 Å². The van der Waals surface area contributed by atoms with Crippen molar-refractivity contribution in [2.24, 2.45) is 0 Å². The smallest absolute Gasteiger partial charge is 0.264 e. The fraction of sp³-hybridized carbons (Fsp3) is 0.220. The van der Waals surface area contributed by atoms with Crippen molar-refractivity contribution in [3.05, 3.63) is 155 Å². The van der Waals surface area contributed by atoms with Gasteiger partial charge in [-0.15, -0.1) is 0 Å². The Hall–Kier alpha value is -4.93. The topological polar surface area (TPSA) is 96.0 Å². The van der Waals surface area contributed by atoms with E-state index in [1.54, 1.807) is 36.4 Å². The predicted molar refractivity (Wildman–Crippen MR) is 205 cm³/mol. The van der Waals surface area contributed by atoms with Crippen LogP contribution in [0.3, 0.4) is 0 Å². The van der Waals surface area contributed by atoms with E-state index < -0.39 is 28.5 Å². The molecule has 2 unspecified atom stereocenters. The van der Waals surface area contributed by atoms with Gasteiger partial charge in [-0.2, -0.15) is 0 Å². The quantitative estimate of drug-likeness (QED) is 0.116. The van der Waals surface area contributed by atoms with E-state index in [1.165, 1.54) is 17.0 Å². The first-order valence-corrected chi connectivity index (χ1v) is 19.1. The molecular formula is C41H42BrN3O5S. The van der Waals surface area contributed by atoms with Crippen molar-refractivity contribution in [1.82, 2.24) is 10.2 Å². The fourth-order valence-corrected chi connectivity index (χ4v) is 7.13. The van der Waals surface area contributed by atoms with Crippen molar-refractivity contribution in [2.45, 2.75) is 57.1 Å². The third kappa shape index (κ3) is 10.1. The van der Waals surface area contributed by atoms with Gasteiger partial charge in [0, 0.05) is 23.5 Å². The summed E-state index contributed by atoms with van der Waals surface area (Å²) in [7, 11) is -4.24. The number of halogens is 1. The largest absolute Gasteiger partial charge is 0.457 e. The molecule has 5 aromatic rings. The molecule has 0 saturated carbocycles. The van der Waals surface area contributed by atoms with Crippen molar-refractivity contribution in [2.75, 3.05) is 10.8 Å². The Morgan fingerprint density at radius 3 is 1.96 bits per heavy atom. The number of rotatable bonds is 15. The number of carbonyl (C=O) groups excluding carboxylic acids is 2. The molecule has 0 heterocycles. The summed E-state index contributed by atoms with van der Waals surface area (Å²) < 4.78 is 36.7. The zero-order valence-electron chi connectivity index (χ0n) is 28.9. The number of anilines is 1. The number of nitrogens with zero attached hydrogens (tertiary/aromatic N) is 2. The number of benzene rings is 5. The zero-order valence-corrected chi connectivity index (χ0v) is 31.3. The highest BCUT2D eigenvalue weighted by molar-refractivity contribution is 9.10. The lowest BCUT2D eigenvalue weighted by molar-refractivity contribution is -0.140. The molecule has 0 bridgehead atoms. The van der Waals surface area contributed by atoms with Crippen LogP contribution in [-0.2, 0) is 32.6 Å². The van der Waals surface area contributed by atoms with Gasteiger partial charge in [0.05, 0.1) is 10.6 Å². The molecule has 0 aliphatic carbocycles. The highest BCUT2D eigenvalue weighted by atomic mass is 79.9. The van der Waals surface area contributed by atoms with E-state index in [1.807, 2.05) is 106 Å². The lowest BCUT2D eigenvalue weighted by Crippen LogP contribution is -2.54. The van der Waals surface area contributed by atoms with E-state index in [9.17, 15) is 18.0 Å². The number of aryl methyl sites for hydroxylation is 1. The molecule has 0 aliphatic rings. The molecule has 264 valence electrons. The molecule has 10 heteroatoms. The third-order valence-electron chi connectivity index (χ3n) is 8.53. The molecule has 1 N–H and O–H groups in total. The molecule has 0 aliphatic heterocycles. The van der Waals surface area contributed by atoms with Crippen molar-refractivity contribution in [3.63, 3.8) is 0 Å². The lowest BCUT2D eigenvalue weighted by Gasteiger charge is -2.34. The van der Waals surface area contributed by atoms with E-state index >= 15 is 0 Å². The molecule has 2 amide bonds. The van der Waals surface area contributed by atoms with E-state index in [-0.39, 0.29) is 35.5 Å². The average molecular weight is 769 g/mol. The van der Waals surface area contributed by atoms with Crippen LogP contribution in [-0.4, -0.2) is 43.8 Å². The molecule has 8 nitrogen and oxygen atoms in total. The van der Waals surface area contributed by atoms with Gasteiger partial charge < -0.3 is 15.0 Å². The second-order valence-electron chi connectivity index (χ2n) is 12.4. The summed E-state index contributed by atoms with van der Waals surface area (Å²) in [6.45, 7) is 5.30. The highest BCUT2D eigenvalue weighted by Gasteiger charge is 2.35. The van der Waals surface area contributed by atoms with Crippen LogP contribution >= 0.6 is 15.9 Å². The molecule has 5 rings (SSSR count). The maximum absolute atomic E-state index is 14.7. The van der Waals surface area contributed by atoms with Crippen LogP contribution in [0.4, 0.5) is 5.69 Å². The molecular weight excluding hydrogens is 726 g/mol. The van der Waals surface area contributed by atoms with Crippen molar-refractivity contribution in [1.29, 1.82) is 0 Å². The van der Waals surface area contributed by atoms with Crippen molar-refractivity contribution >= 4 is 43.5 Å². The Balaban J connectivity index is 1.56. The maximum Gasteiger partial charge on any atom is 0.264 e. The van der Waals surface area contributed by atoms with Gasteiger partial charge in [0.25, 0.3) is 10.0 Å². The van der Waals surface area contributed by atoms with Gasteiger partial charge in [-0.3, -0.25) is 13.9 Å². The summed E-state index contributed by atoms with van der Waals surface area (Å²) in [5, 5.41) is 3.07. The van der Waals surface area contributed by atoms with Crippen molar-refractivity contribution in [3.8, 4) is 11.5 Å². The molecule has 2 atom stereocenters. The SMILES string of the molecule is CCC(C)NC(=O)C(Cc1ccccc1)N(Cc1ccc(Br)cc1)C(=O)CN(c1ccc(Oc2ccccc2)cc1)S(=O)(=O)c1ccc(C)cc1. The van der Waals surface area contributed by atoms with Gasteiger partial charge in [-0.1, -0.05) is 101 Å². The number of sulfonamides is 1. The Kier molecular flexibility index (Phi) is 12.7. The van der Waals surface area contributed by atoms with Gasteiger partial charge in [0.1, 0.15) is 24.1 Å². The Morgan fingerprint density at radius 1 is 0.765 bits per heavy atom. The second-order valence-corrected chi connectivity index (χ2v) is 15.2. The van der Waals surface area contributed by atoms with Crippen LogP contribution in [0.5, 0.6) is 11.5 Å². The first-order chi connectivity index (χ1) is 24.5. The van der Waals surface area contributed by atoms with E-state index in [4.69, 9.17) is 4.74 Å². The van der Waals surface area contributed by atoms with Gasteiger partial charge in [-0.05, 0) is 92.1 Å². The third-order valence-corrected chi connectivity index (χ3v) is 10.8. The van der Waals surface area contributed by atoms with E-state index in [0.717, 1.165) is 25.5 Å². The Morgan fingerprint density at radius 2 is 1.35 bits per heavy atom. The zero-order chi connectivity index (χ0) is 36.4. The van der Waals surface area contributed by atoms with E-state index in [0.29, 0.717) is 17.9 Å². The minimum Gasteiger partial charge on any atom is -0.457 e. The molecule has 0 spiro atoms. The first-order valence-electron chi connectivity index (χ1n) is 16.8. The number of carbonyl (C=O) groups is 2. The number of ether oxygens (including phenoxy) is 1. The van der Waals surface area contributed by atoms with E-state index in [2.05, 4.69) is 21.2 Å². The summed E-state index contributed by atoms with van der Waals surface area (Å²) in [5.74, 6) is 0.297. The van der Waals surface area contributed by atoms with Gasteiger partial charge >= 0.3 is 0 Å². The molecule has 5 aromatic carbocycles. The Labute approximate surface area is 309 Å². The molecule has 0 aromatic heterocycles. The average Bonchev–Trinajstić information content (AvgIpc) is 3.14. The van der Waals surface area contributed by atoms with Crippen LogP contribution < -0.4 is 14.4 Å². The maximum atomic E-state index is 14.7. The summed E-state index contributed by atoms with van der Waals surface area (Å²) in [6.07, 6.45) is 0.943. The molecule has 51 heavy (non-hydrogen) atoms. The van der Waals surface area contributed by atoms with Crippen LogP contribution in [0, 0.1) is 6.92 Å². The lowest BCUT2D eigenvalue weighted by atomic mass is 10.0. The Bertz CT molecular complexity index is 1990. The predicted octanol–water partition coefficient (Wildman–Crippen LogP) is 8.30. The highest BCUT2D eigenvalue weighted by Crippen LogP contribution is 2.29. The molecule has 0 saturated heterocycles. The molecule has 0 fully saturated rings. The van der Waals surface area contributed by atoms with Crippen molar-refractivity contribution < 1.29 is 22.7 Å². The number of hydrogen-bond donors (Lipinski definition) is 1. The monoisotopic (exact) mass is 767 g/mol. The number of amides is 2. The number of para-hydroxylation sites is 1. The molecule has 0 radical (unpaired) electrons. The summed E-state index contributed by atoms with van der Waals surface area (Å²) >= 11 is 3.48. The summed E-state index contributed by atoms with van der Waals surface area (Å²) in [6, 6.07) is 38.3. The minimum absolute atomic E-state index is 0.0420. The summed E-state index contributed by atoms with van der Waals surface area (Å²) in [5.41, 5.74) is 2.83. The second kappa shape index (κ2) is 17.3. The van der Waals surface area contributed by atoms with Crippen LogP contribution in [0.25, 0.3) is 0 Å². The fourth-order valence-electron chi connectivity index (χ4n) is 5.45. The number of hydrogen-bond acceptors (Lipinski definition) is 5. The van der Waals surface area contributed by atoms with Gasteiger partial charge in [0.15, 0.2) is 0 Å². The summed E-state index contributed by atoms with van der Waals surface area (Å²) in [4.78, 5) is 30.3. The van der Waals surface area contributed by atoms with Gasteiger partial charge in [-0.25, -0.2) is 8.42 Å². The first kappa shape index (κ1) is 37.3. The number of nitrogens with one attached hydrogen (secondary N) is 1. The normalized spacial score (nSPS) is 12.4. The standard InChI is InChI=1S/C41H42BrN3O5S/c1-4-31(3)43-41(47)39(27-32-11-7-5-8-12-32)44(28-33-17-19-34(42)20-18-33)40(46)29-45(51(48,49)38-25-15-30(2)16-26-38)35-21-23-37(24-22-35)50-36-13-9-6-10-14-36/h5-26,31,39H,4,27-29H2,1-3H3,(H,43,47). The van der Waals surface area contributed by atoms with Crippen LogP contribution in [0.1, 0.15) is 37.0 Å². The van der Waals surface area contributed by atoms with Crippen LogP contribution in [0.2, 0.25) is 0 Å². The minimum atomic E-state index is -4.24.